The molecule has 0 radical (unpaired) electrons. The number of nitro groups is 1. The van der Waals surface area contributed by atoms with Gasteiger partial charge in [0.05, 0.1) is 4.92 Å². The molecule has 1 heterocycles. The third-order valence-corrected chi connectivity index (χ3v) is 3.07. The number of rotatable bonds is 5. The van der Waals surface area contributed by atoms with E-state index in [1.807, 2.05) is 32.0 Å². The minimum atomic E-state index is -0.514. The Morgan fingerprint density at radius 2 is 2.19 bits per heavy atom. The minimum Gasteiger partial charge on any atom is -0.326 e. The van der Waals surface area contributed by atoms with E-state index in [2.05, 4.69) is 10.4 Å². The molecule has 1 N–H and O–H groups in total. The molecule has 0 aliphatic rings. The van der Waals surface area contributed by atoms with Crippen molar-refractivity contribution in [3.63, 3.8) is 0 Å². The average molecular weight is 288 g/mol. The van der Waals surface area contributed by atoms with Gasteiger partial charge in [-0.15, -0.1) is 0 Å². The van der Waals surface area contributed by atoms with Crippen LogP contribution < -0.4 is 5.32 Å². The van der Waals surface area contributed by atoms with E-state index in [0.29, 0.717) is 6.54 Å². The Kier molecular flexibility index (Phi) is 4.32. The lowest BCUT2D eigenvalue weighted by atomic mass is 10.1. The molecule has 2 rings (SSSR count). The fraction of sp³-hybridized carbons (Fsp3) is 0.286. The molecule has 110 valence electrons. The molecule has 2 aromatic rings. The molecule has 0 atom stereocenters. The molecule has 0 unspecified atom stereocenters. The second-order valence-electron chi connectivity index (χ2n) is 4.84. The van der Waals surface area contributed by atoms with E-state index >= 15 is 0 Å². The fourth-order valence-corrected chi connectivity index (χ4v) is 1.87. The molecular formula is C14H16N4O3. The second kappa shape index (κ2) is 6.17. The highest BCUT2D eigenvalue weighted by Crippen LogP contribution is 2.16. The van der Waals surface area contributed by atoms with Gasteiger partial charge in [-0.2, -0.15) is 5.10 Å². The Hall–Kier alpha value is -2.70. The predicted octanol–water partition coefficient (Wildman–Crippen LogP) is 2.44. The molecule has 0 spiro atoms. The van der Waals surface area contributed by atoms with Crippen LogP contribution in [0.1, 0.15) is 17.5 Å². The van der Waals surface area contributed by atoms with E-state index in [9.17, 15) is 14.9 Å². The van der Waals surface area contributed by atoms with Crippen molar-refractivity contribution in [3.05, 3.63) is 51.8 Å². The van der Waals surface area contributed by atoms with Crippen molar-refractivity contribution in [3.8, 4) is 0 Å². The first-order chi connectivity index (χ1) is 9.95. The maximum Gasteiger partial charge on any atom is 0.306 e. The number of nitrogens with one attached hydrogen (secondary N) is 1. The van der Waals surface area contributed by atoms with E-state index in [1.54, 1.807) is 0 Å². The highest BCUT2D eigenvalue weighted by molar-refractivity contribution is 5.91. The summed E-state index contributed by atoms with van der Waals surface area (Å²) in [5.74, 6) is -0.151. The molecule has 7 nitrogen and oxygen atoms in total. The van der Waals surface area contributed by atoms with Gasteiger partial charge in [0.25, 0.3) is 0 Å². The van der Waals surface area contributed by atoms with E-state index in [-0.39, 0.29) is 18.0 Å². The molecule has 0 aliphatic carbocycles. The molecule has 1 amide bonds. The van der Waals surface area contributed by atoms with Crippen LogP contribution in [0.3, 0.4) is 0 Å². The number of carbonyl (C=O) groups is 1. The first-order valence-electron chi connectivity index (χ1n) is 6.49. The van der Waals surface area contributed by atoms with Crippen LogP contribution >= 0.6 is 0 Å². The molecule has 1 aromatic heterocycles. The van der Waals surface area contributed by atoms with Crippen molar-refractivity contribution >= 4 is 17.3 Å². The topological polar surface area (TPSA) is 90.1 Å². The predicted molar refractivity (Wildman–Crippen MR) is 78.0 cm³/mol. The molecule has 0 aliphatic heterocycles. The quantitative estimate of drug-likeness (QED) is 0.675. The first-order valence-corrected chi connectivity index (χ1v) is 6.49. The summed E-state index contributed by atoms with van der Waals surface area (Å²) >= 11 is 0. The molecule has 1 aromatic carbocycles. The van der Waals surface area contributed by atoms with Crippen LogP contribution in [0.4, 0.5) is 11.4 Å². The number of anilines is 1. The lowest BCUT2D eigenvalue weighted by Crippen LogP contribution is -2.15. The van der Waals surface area contributed by atoms with Crippen LogP contribution in [0.2, 0.25) is 0 Å². The summed E-state index contributed by atoms with van der Waals surface area (Å²) in [6.45, 7) is 4.18. The molecule has 0 saturated carbocycles. The molecule has 0 saturated heterocycles. The second-order valence-corrected chi connectivity index (χ2v) is 4.84. The molecular weight excluding hydrogens is 272 g/mol. The van der Waals surface area contributed by atoms with Crippen LogP contribution in [0.5, 0.6) is 0 Å². The monoisotopic (exact) mass is 288 g/mol. The molecule has 0 fully saturated rings. The third-order valence-electron chi connectivity index (χ3n) is 3.07. The summed E-state index contributed by atoms with van der Waals surface area (Å²) in [6, 6.07) is 5.83. The maximum absolute atomic E-state index is 11.9. The van der Waals surface area contributed by atoms with Gasteiger partial charge in [-0.1, -0.05) is 12.1 Å². The van der Waals surface area contributed by atoms with Crippen LogP contribution in [0.25, 0.3) is 0 Å². The van der Waals surface area contributed by atoms with Gasteiger partial charge in [-0.25, -0.2) is 0 Å². The number of benzene rings is 1. The van der Waals surface area contributed by atoms with Gasteiger partial charge in [0.1, 0.15) is 12.4 Å². The zero-order valence-corrected chi connectivity index (χ0v) is 11.9. The Balaban J connectivity index is 1.92. The van der Waals surface area contributed by atoms with Crippen LogP contribution in [0, 0.1) is 24.0 Å². The highest BCUT2D eigenvalue weighted by atomic mass is 16.6. The van der Waals surface area contributed by atoms with Crippen molar-refractivity contribution in [2.45, 2.75) is 26.8 Å². The zero-order chi connectivity index (χ0) is 15.4. The molecule has 7 heteroatoms. The van der Waals surface area contributed by atoms with Gasteiger partial charge >= 0.3 is 5.69 Å². The van der Waals surface area contributed by atoms with Gasteiger partial charge in [0, 0.05) is 18.7 Å². The summed E-state index contributed by atoms with van der Waals surface area (Å²) in [6.07, 6.45) is 2.68. The van der Waals surface area contributed by atoms with Gasteiger partial charge in [-0.3, -0.25) is 19.6 Å². The van der Waals surface area contributed by atoms with Gasteiger partial charge in [0.2, 0.25) is 5.91 Å². The van der Waals surface area contributed by atoms with Crippen molar-refractivity contribution in [1.82, 2.24) is 9.78 Å². The number of aromatic nitrogens is 2. The normalized spacial score (nSPS) is 10.4. The number of nitrogens with zero attached hydrogens (tertiary/aromatic N) is 3. The van der Waals surface area contributed by atoms with E-state index in [0.717, 1.165) is 16.8 Å². The molecule has 21 heavy (non-hydrogen) atoms. The zero-order valence-electron chi connectivity index (χ0n) is 11.9. The van der Waals surface area contributed by atoms with Crippen molar-refractivity contribution in [2.75, 3.05) is 5.32 Å². The fourth-order valence-electron chi connectivity index (χ4n) is 1.87. The Labute approximate surface area is 121 Å². The third kappa shape index (κ3) is 3.88. The van der Waals surface area contributed by atoms with Crippen LogP contribution in [-0.2, 0) is 11.3 Å². The Morgan fingerprint density at radius 3 is 2.86 bits per heavy atom. The van der Waals surface area contributed by atoms with E-state index in [1.165, 1.54) is 17.1 Å². The number of amides is 1. The Morgan fingerprint density at radius 1 is 1.43 bits per heavy atom. The summed E-state index contributed by atoms with van der Waals surface area (Å²) in [7, 11) is 0. The summed E-state index contributed by atoms with van der Waals surface area (Å²) in [4.78, 5) is 21.9. The van der Waals surface area contributed by atoms with Gasteiger partial charge in [-0.05, 0) is 31.0 Å². The Bertz CT molecular complexity index is 679. The van der Waals surface area contributed by atoms with Crippen LogP contribution in [0.15, 0.2) is 30.6 Å². The lowest BCUT2D eigenvalue weighted by molar-refractivity contribution is -0.385. The standard InChI is InChI=1S/C14H16N4O3/c1-10-3-4-11(2)13(7-10)16-14(19)5-6-17-9-12(8-15-17)18(20)21/h3-4,7-9H,5-6H2,1-2H3,(H,16,19). The van der Waals surface area contributed by atoms with Crippen molar-refractivity contribution < 1.29 is 9.72 Å². The smallest absolute Gasteiger partial charge is 0.306 e. The minimum absolute atomic E-state index is 0.0788. The average Bonchev–Trinajstić information content (AvgIpc) is 2.90. The van der Waals surface area contributed by atoms with Gasteiger partial charge < -0.3 is 5.32 Å². The lowest BCUT2D eigenvalue weighted by Gasteiger charge is -2.09. The number of hydrogen-bond acceptors (Lipinski definition) is 4. The summed E-state index contributed by atoms with van der Waals surface area (Å²) < 4.78 is 1.39. The number of aryl methyl sites for hydroxylation is 3. The SMILES string of the molecule is Cc1ccc(C)c(NC(=O)CCn2cc([N+](=O)[O-])cn2)c1. The first kappa shape index (κ1) is 14.7. The summed E-state index contributed by atoms with van der Waals surface area (Å²) in [5, 5.41) is 17.2. The maximum atomic E-state index is 11.9. The molecule has 0 bridgehead atoms. The van der Waals surface area contributed by atoms with Crippen molar-refractivity contribution in [1.29, 1.82) is 0 Å². The van der Waals surface area contributed by atoms with Crippen LogP contribution in [-0.4, -0.2) is 20.6 Å². The van der Waals surface area contributed by atoms with Crippen molar-refractivity contribution in [2.24, 2.45) is 0 Å². The highest BCUT2D eigenvalue weighted by Gasteiger charge is 2.10. The number of hydrogen-bond donors (Lipinski definition) is 1. The van der Waals surface area contributed by atoms with E-state index < -0.39 is 4.92 Å². The largest absolute Gasteiger partial charge is 0.326 e. The van der Waals surface area contributed by atoms with E-state index in [4.69, 9.17) is 0 Å². The summed E-state index contributed by atoms with van der Waals surface area (Å²) in [5.41, 5.74) is 2.76. The number of carbonyl (C=O) groups excluding carboxylic acids is 1. The van der Waals surface area contributed by atoms with Gasteiger partial charge in [0.15, 0.2) is 0 Å².